The Morgan fingerprint density at radius 3 is 2.62 bits per heavy atom. The van der Waals surface area contributed by atoms with Crippen molar-refractivity contribution in [1.29, 1.82) is 0 Å². The molecule has 9 heteroatoms. The number of carbonyl (C=O) groups excluding carboxylic acids is 1. The van der Waals surface area contributed by atoms with E-state index in [-0.39, 0.29) is 21.9 Å². The highest BCUT2D eigenvalue weighted by Crippen LogP contribution is 2.20. The van der Waals surface area contributed by atoms with Crippen LogP contribution in [0.25, 0.3) is 0 Å². The second-order valence-electron chi connectivity index (χ2n) is 4.51. The quantitative estimate of drug-likeness (QED) is 0.563. The Labute approximate surface area is 126 Å². The third-order valence-corrected chi connectivity index (χ3v) is 5.14. The molecular formula is C12H18N2O5S2. The van der Waals surface area contributed by atoms with Crippen LogP contribution in [0, 0.1) is 0 Å². The average molecular weight is 334 g/mol. The lowest BCUT2D eigenvalue weighted by atomic mass is 10.2. The predicted octanol–water partition coefficient (Wildman–Crippen LogP) is 0.101. The van der Waals surface area contributed by atoms with Gasteiger partial charge < -0.3 is 10.5 Å². The van der Waals surface area contributed by atoms with Crippen molar-refractivity contribution in [1.82, 2.24) is 4.72 Å². The predicted molar refractivity (Wildman–Crippen MR) is 80.9 cm³/mol. The normalized spacial score (nSPS) is 14.4. The Bertz CT molecular complexity index is 658. The summed E-state index contributed by atoms with van der Waals surface area (Å²) < 4.78 is 42.7. The first-order chi connectivity index (χ1) is 9.67. The van der Waals surface area contributed by atoms with E-state index in [1.807, 2.05) is 0 Å². The van der Waals surface area contributed by atoms with Gasteiger partial charge in [0.05, 0.1) is 17.6 Å². The molecule has 118 valence electrons. The zero-order chi connectivity index (χ0) is 16.2. The van der Waals surface area contributed by atoms with E-state index in [4.69, 9.17) is 5.73 Å². The molecular weight excluding hydrogens is 316 g/mol. The summed E-state index contributed by atoms with van der Waals surface area (Å²) in [5.41, 5.74) is 5.68. The highest BCUT2D eigenvalue weighted by molar-refractivity contribution is 7.89. The van der Waals surface area contributed by atoms with Gasteiger partial charge in [0.15, 0.2) is 0 Å². The average Bonchev–Trinajstić information content (AvgIpc) is 2.36. The number of hydrogen-bond acceptors (Lipinski definition) is 6. The van der Waals surface area contributed by atoms with Gasteiger partial charge in [0, 0.05) is 34.5 Å². The maximum absolute atomic E-state index is 12.3. The lowest BCUT2D eigenvalue weighted by molar-refractivity contribution is 0.0596. The molecule has 0 radical (unpaired) electrons. The molecule has 1 aromatic carbocycles. The van der Waals surface area contributed by atoms with Crippen LogP contribution in [-0.2, 0) is 25.6 Å². The summed E-state index contributed by atoms with van der Waals surface area (Å²) >= 11 is 0. The molecule has 2 unspecified atom stereocenters. The molecule has 0 bridgehead atoms. The number of anilines is 1. The number of methoxy groups -OCH3 is 1. The molecule has 3 N–H and O–H groups in total. The summed E-state index contributed by atoms with van der Waals surface area (Å²) in [6.07, 6.45) is 1.48. The molecule has 0 amide bonds. The van der Waals surface area contributed by atoms with Gasteiger partial charge in [-0.25, -0.2) is 17.9 Å². The largest absolute Gasteiger partial charge is 0.465 e. The number of nitrogens with one attached hydrogen (secondary N) is 1. The molecule has 0 aromatic heterocycles. The molecule has 0 heterocycles. The third-order valence-electron chi connectivity index (χ3n) is 2.54. The van der Waals surface area contributed by atoms with Gasteiger partial charge in [0.25, 0.3) is 0 Å². The van der Waals surface area contributed by atoms with E-state index in [0.29, 0.717) is 0 Å². The zero-order valence-corrected chi connectivity index (χ0v) is 13.6. The van der Waals surface area contributed by atoms with Crippen molar-refractivity contribution in [3.05, 3.63) is 23.8 Å². The summed E-state index contributed by atoms with van der Waals surface area (Å²) in [6, 6.07) is 3.34. The molecule has 0 fully saturated rings. The summed E-state index contributed by atoms with van der Waals surface area (Å²) in [7, 11) is -3.97. The van der Waals surface area contributed by atoms with Crippen LogP contribution in [0.4, 0.5) is 5.69 Å². The molecule has 0 aliphatic carbocycles. The molecule has 2 atom stereocenters. The second kappa shape index (κ2) is 7.01. The number of ether oxygens (including phenoxy) is 1. The Morgan fingerprint density at radius 2 is 2.10 bits per heavy atom. The highest BCUT2D eigenvalue weighted by Gasteiger charge is 2.25. The summed E-state index contributed by atoms with van der Waals surface area (Å²) in [6.45, 7) is 1.59. The molecule has 0 aliphatic heterocycles. The third kappa shape index (κ3) is 4.80. The number of nitrogen functional groups attached to an aromatic ring is 1. The van der Waals surface area contributed by atoms with Gasteiger partial charge >= 0.3 is 5.97 Å². The lowest BCUT2D eigenvalue weighted by Crippen LogP contribution is -2.37. The number of rotatable bonds is 6. The van der Waals surface area contributed by atoms with Crippen LogP contribution in [0.3, 0.4) is 0 Å². The van der Waals surface area contributed by atoms with Crippen LogP contribution < -0.4 is 10.5 Å². The molecule has 7 nitrogen and oxygen atoms in total. The van der Waals surface area contributed by atoms with Gasteiger partial charge in [-0.05, 0) is 25.1 Å². The number of hydrogen-bond donors (Lipinski definition) is 2. The fourth-order valence-electron chi connectivity index (χ4n) is 1.75. The van der Waals surface area contributed by atoms with Crippen LogP contribution in [-0.4, -0.2) is 43.8 Å². The van der Waals surface area contributed by atoms with Gasteiger partial charge in [-0.2, -0.15) is 0 Å². The molecule has 1 aromatic rings. The van der Waals surface area contributed by atoms with Crippen molar-refractivity contribution >= 4 is 32.5 Å². The van der Waals surface area contributed by atoms with E-state index >= 15 is 0 Å². The molecule has 0 spiro atoms. The SMILES string of the molecule is COC(=O)c1ccc(N)cc1S(=O)(=O)NC(C)CS(C)=O. The molecule has 21 heavy (non-hydrogen) atoms. The number of sulfonamides is 1. The van der Waals surface area contributed by atoms with Crippen molar-refractivity contribution in [2.45, 2.75) is 17.9 Å². The van der Waals surface area contributed by atoms with Gasteiger partial charge in [-0.1, -0.05) is 0 Å². The van der Waals surface area contributed by atoms with Crippen molar-refractivity contribution < 1.29 is 22.2 Å². The molecule has 0 aliphatic rings. The van der Waals surface area contributed by atoms with Gasteiger partial charge in [0.1, 0.15) is 0 Å². The minimum atomic E-state index is -3.98. The van der Waals surface area contributed by atoms with Crippen LogP contribution >= 0.6 is 0 Å². The fraction of sp³-hybridized carbons (Fsp3) is 0.417. The van der Waals surface area contributed by atoms with E-state index in [1.165, 1.54) is 24.5 Å². The van der Waals surface area contributed by atoms with Crippen LogP contribution in [0.15, 0.2) is 23.1 Å². The Kier molecular flexibility index (Phi) is 5.87. The lowest BCUT2D eigenvalue weighted by Gasteiger charge is -2.15. The van der Waals surface area contributed by atoms with E-state index in [9.17, 15) is 17.4 Å². The zero-order valence-electron chi connectivity index (χ0n) is 12.0. The van der Waals surface area contributed by atoms with Crippen molar-refractivity contribution in [3.8, 4) is 0 Å². The first kappa shape index (κ1) is 17.6. The molecule has 0 saturated carbocycles. The summed E-state index contributed by atoms with van der Waals surface area (Å²) in [5, 5.41) is 0. The van der Waals surface area contributed by atoms with E-state index in [2.05, 4.69) is 9.46 Å². The standard InChI is InChI=1S/C12H18N2O5S2/c1-8(7-20(3)16)14-21(17,18)11-6-9(13)4-5-10(11)12(15)19-2/h4-6,8,14H,7,13H2,1-3H3. The number of benzene rings is 1. The van der Waals surface area contributed by atoms with Crippen LogP contribution in [0.5, 0.6) is 0 Å². The summed E-state index contributed by atoms with van der Waals surface area (Å²) in [4.78, 5) is 11.4. The number of esters is 1. The van der Waals surface area contributed by atoms with Crippen molar-refractivity contribution in [3.63, 3.8) is 0 Å². The van der Waals surface area contributed by atoms with Crippen molar-refractivity contribution in [2.24, 2.45) is 0 Å². The Balaban J connectivity index is 3.21. The van der Waals surface area contributed by atoms with E-state index < -0.39 is 32.8 Å². The maximum atomic E-state index is 12.3. The Hall–Kier alpha value is -1.45. The van der Waals surface area contributed by atoms with Crippen LogP contribution in [0.2, 0.25) is 0 Å². The molecule has 0 saturated heterocycles. The van der Waals surface area contributed by atoms with E-state index in [0.717, 1.165) is 7.11 Å². The number of nitrogens with two attached hydrogens (primary N) is 1. The maximum Gasteiger partial charge on any atom is 0.339 e. The fourth-order valence-corrected chi connectivity index (χ4v) is 4.12. The van der Waals surface area contributed by atoms with Gasteiger partial charge in [-0.15, -0.1) is 0 Å². The minimum absolute atomic E-state index is 0.107. The topological polar surface area (TPSA) is 116 Å². The van der Waals surface area contributed by atoms with E-state index in [1.54, 1.807) is 6.92 Å². The van der Waals surface area contributed by atoms with Crippen molar-refractivity contribution in [2.75, 3.05) is 24.9 Å². The monoisotopic (exact) mass is 334 g/mol. The first-order valence-corrected chi connectivity index (χ1v) is 9.18. The summed E-state index contributed by atoms with van der Waals surface area (Å²) in [5.74, 6) is -0.614. The first-order valence-electron chi connectivity index (χ1n) is 5.97. The number of carbonyl (C=O) groups is 1. The van der Waals surface area contributed by atoms with Crippen LogP contribution in [0.1, 0.15) is 17.3 Å². The van der Waals surface area contributed by atoms with Gasteiger partial charge in [-0.3, -0.25) is 4.21 Å². The molecule has 1 rings (SSSR count). The smallest absolute Gasteiger partial charge is 0.339 e. The highest BCUT2D eigenvalue weighted by atomic mass is 32.2. The minimum Gasteiger partial charge on any atom is -0.465 e. The second-order valence-corrected chi connectivity index (χ2v) is 7.67. The Morgan fingerprint density at radius 1 is 1.48 bits per heavy atom. The van der Waals surface area contributed by atoms with Gasteiger partial charge in [0.2, 0.25) is 10.0 Å².